The summed E-state index contributed by atoms with van der Waals surface area (Å²) in [4.78, 5) is 40.8. The van der Waals surface area contributed by atoms with Gasteiger partial charge in [-0.2, -0.15) is 0 Å². The number of carbonyl (C=O) groups excluding carboxylic acids is 3. The van der Waals surface area contributed by atoms with Gasteiger partial charge < -0.3 is 0 Å². The zero-order chi connectivity index (χ0) is 26.3. The van der Waals surface area contributed by atoms with Crippen LogP contribution in [0.1, 0.15) is 50.2 Å². The van der Waals surface area contributed by atoms with Gasteiger partial charge in [0.1, 0.15) is 5.78 Å². The van der Waals surface area contributed by atoms with Crippen molar-refractivity contribution in [3.05, 3.63) is 48.0 Å². The molecule has 1 aliphatic heterocycles. The summed E-state index contributed by atoms with van der Waals surface area (Å²) in [5, 5.41) is 3.09. The van der Waals surface area contributed by atoms with Crippen molar-refractivity contribution in [3.63, 3.8) is 0 Å². The monoisotopic (exact) mass is 495 g/mol. The number of benzene rings is 1. The molecule has 1 atom stereocenters. The van der Waals surface area contributed by atoms with E-state index in [4.69, 9.17) is 0 Å². The number of rotatable bonds is 6. The molecule has 8 heteroatoms. The van der Waals surface area contributed by atoms with E-state index in [1.807, 2.05) is 44.2 Å². The Balaban J connectivity index is 2.21. The normalized spacial score (nSPS) is 20.0. The minimum Gasteiger partial charge on any atom is -0.299 e. The molecule has 196 valence electrons. The number of ketones is 1. The lowest BCUT2D eigenvalue weighted by Gasteiger charge is -2.26. The maximum atomic E-state index is 13.3. The molecule has 2 rings (SSSR count). The molecule has 0 aromatic heterocycles. The number of hydrazine groups is 2. The highest BCUT2D eigenvalue weighted by Gasteiger charge is 2.24. The molecule has 0 spiro atoms. The lowest BCUT2D eigenvalue weighted by Crippen LogP contribution is -2.50. The highest BCUT2D eigenvalue weighted by molar-refractivity contribution is 5.87. The van der Waals surface area contributed by atoms with E-state index >= 15 is 0 Å². The lowest BCUT2D eigenvalue weighted by atomic mass is 9.92. The molecule has 2 N–H and O–H groups in total. The summed E-state index contributed by atoms with van der Waals surface area (Å²) in [7, 11) is 1.75. The molecule has 0 unspecified atom stereocenters. The van der Waals surface area contributed by atoms with Crippen molar-refractivity contribution in [1.82, 2.24) is 25.8 Å². The van der Waals surface area contributed by atoms with Crippen LogP contribution < -0.4 is 10.9 Å². The summed E-state index contributed by atoms with van der Waals surface area (Å²) in [5.74, 6) is 5.54. The number of aryl methyl sites for hydroxylation is 1. The molecular formula is C28H41N5O3. The summed E-state index contributed by atoms with van der Waals surface area (Å²) in [6.07, 6.45) is 4.80. The fourth-order valence-corrected chi connectivity index (χ4v) is 4.04. The molecule has 1 aromatic rings. The van der Waals surface area contributed by atoms with Gasteiger partial charge in [-0.3, -0.25) is 29.7 Å². The summed E-state index contributed by atoms with van der Waals surface area (Å²) in [5.41, 5.74) is 7.83. The van der Waals surface area contributed by atoms with Crippen LogP contribution in [0.2, 0.25) is 0 Å². The zero-order valence-corrected chi connectivity index (χ0v) is 22.0. The Hall–Kier alpha value is -2.99. The Morgan fingerprint density at radius 2 is 1.89 bits per heavy atom. The predicted molar refractivity (Wildman–Crippen MR) is 142 cm³/mol. The van der Waals surface area contributed by atoms with Crippen LogP contribution in [0.4, 0.5) is 0 Å². The molecule has 0 aliphatic carbocycles. The van der Waals surface area contributed by atoms with Crippen molar-refractivity contribution in [2.45, 2.75) is 52.5 Å². The first-order valence-corrected chi connectivity index (χ1v) is 12.7. The van der Waals surface area contributed by atoms with Crippen LogP contribution in [0.5, 0.6) is 0 Å². The Morgan fingerprint density at radius 1 is 1.17 bits per heavy atom. The number of nitrogens with zero attached hydrogens (tertiary/aromatic N) is 3. The predicted octanol–water partition coefficient (Wildman–Crippen LogP) is 2.45. The van der Waals surface area contributed by atoms with Gasteiger partial charge in [-0.25, -0.2) is 10.4 Å². The minimum atomic E-state index is -0.337. The van der Waals surface area contributed by atoms with Crippen LogP contribution in [-0.4, -0.2) is 72.3 Å². The quantitative estimate of drug-likeness (QED) is 0.466. The zero-order valence-electron chi connectivity index (χ0n) is 22.0. The van der Waals surface area contributed by atoms with E-state index in [1.54, 1.807) is 12.1 Å². The van der Waals surface area contributed by atoms with Crippen molar-refractivity contribution < 1.29 is 14.4 Å². The molecule has 0 radical (unpaired) electrons. The Labute approximate surface area is 216 Å². The average molecular weight is 496 g/mol. The van der Waals surface area contributed by atoms with E-state index in [-0.39, 0.29) is 36.5 Å². The molecule has 1 heterocycles. The first-order valence-electron chi connectivity index (χ1n) is 12.7. The Bertz CT molecular complexity index is 935. The topological polar surface area (TPSA) is 85.0 Å². The summed E-state index contributed by atoms with van der Waals surface area (Å²) in [6.45, 7) is 10.5. The van der Waals surface area contributed by atoms with Crippen molar-refractivity contribution >= 4 is 17.6 Å². The van der Waals surface area contributed by atoms with Gasteiger partial charge in [-0.15, -0.1) is 6.58 Å². The summed E-state index contributed by atoms with van der Waals surface area (Å²) < 4.78 is 0. The summed E-state index contributed by atoms with van der Waals surface area (Å²) in [6, 6.07) is 7.91. The lowest BCUT2D eigenvalue weighted by molar-refractivity contribution is -0.140. The fraction of sp³-hybridized carbons (Fsp3) is 0.536. The minimum absolute atomic E-state index is 0.0745. The highest BCUT2D eigenvalue weighted by Crippen LogP contribution is 2.18. The van der Waals surface area contributed by atoms with Crippen molar-refractivity contribution in [2.24, 2.45) is 5.92 Å². The van der Waals surface area contributed by atoms with Crippen LogP contribution in [-0.2, 0) is 20.9 Å². The van der Waals surface area contributed by atoms with E-state index in [2.05, 4.69) is 34.2 Å². The van der Waals surface area contributed by atoms with Crippen LogP contribution in [0.15, 0.2) is 36.9 Å². The van der Waals surface area contributed by atoms with Gasteiger partial charge in [0.15, 0.2) is 0 Å². The number of hydrogen-bond donors (Lipinski definition) is 2. The fourth-order valence-electron chi connectivity index (χ4n) is 4.04. The second kappa shape index (κ2) is 15.9. The SMILES string of the molecule is C=CCN1CC#CCN(C)NC(=O)CNN(Cc2ccc(C)cc2)C(=O)C[C@H](C(=O)CC)CCCC1. The van der Waals surface area contributed by atoms with E-state index in [9.17, 15) is 14.4 Å². The van der Waals surface area contributed by atoms with Gasteiger partial charge in [-0.1, -0.05) is 61.1 Å². The second-order valence-electron chi connectivity index (χ2n) is 9.29. The maximum absolute atomic E-state index is 13.3. The van der Waals surface area contributed by atoms with Gasteiger partial charge in [0.2, 0.25) is 11.8 Å². The van der Waals surface area contributed by atoms with E-state index in [1.165, 1.54) is 5.01 Å². The molecule has 0 saturated carbocycles. The molecule has 0 bridgehead atoms. The third kappa shape index (κ3) is 10.7. The Kier molecular flexibility index (Phi) is 12.9. The van der Waals surface area contributed by atoms with Crippen molar-refractivity contribution in [1.29, 1.82) is 0 Å². The third-order valence-corrected chi connectivity index (χ3v) is 6.14. The maximum Gasteiger partial charge on any atom is 0.250 e. The molecule has 1 aromatic carbocycles. The van der Waals surface area contributed by atoms with E-state index in [0.29, 0.717) is 32.5 Å². The largest absolute Gasteiger partial charge is 0.299 e. The molecule has 36 heavy (non-hydrogen) atoms. The molecule has 0 fully saturated rings. The first kappa shape index (κ1) is 29.2. The molecule has 1 aliphatic rings. The molecule has 8 nitrogen and oxygen atoms in total. The third-order valence-electron chi connectivity index (χ3n) is 6.14. The smallest absolute Gasteiger partial charge is 0.250 e. The van der Waals surface area contributed by atoms with Gasteiger partial charge in [0.25, 0.3) is 0 Å². The van der Waals surface area contributed by atoms with Crippen LogP contribution in [0, 0.1) is 24.7 Å². The van der Waals surface area contributed by atoms with Crippen LogP contribution >= 0.6 is 0 Å². The van der Waals surface area contributed by atoms with E-state index < -0.39 is 0 Å². The number of carbonyl (C=O) groups is 3. The van der Waals surface area contributed by atoms with Crippen LogP contribution in [0.25, 0.3) is 0 Å². The molecule has 0 saturated heterocycles. The van der Waals surface area contributed by atoms with Gasteiger partial charge in [0, 0.05) is 32.4 Å². The Morgan fingerprint density at radius 3 is 2.58 bits per heavy atom. The molecule has 2 amide bonds. The van der Waals surface area contributed by atoms with Crippen molar-refractivity contribution in [2.75, 3.05) is 39.8 Å². The van der Waals surface area contributed by atoms with Crippen molar-refractivity contribution in [3.8, 4) is 11.8 Å². The molecular weight excluding hydrogens is 454 g/mol. The average Bonchev–Trinajstić information content (AvgIpc) is 2.85. The van der Waals surface area contributed by atoms with Gasteiger partial charge in [0.05, 0.1) is 26.2 Å². The number of nitrogens with one attached hydrogen (secondary N) is 2. The number of hydrogen-bond acceptors (Lipinski definition) is 6. The second-order valence-corrected chi connectivity index (χ2v) is 9.29. The standard InChI is InChI=1S/C28H41N5O3/c1-5-16-32-18-8-7-11-25(26(34)6-2)20-28(36)33(22-24-14-12-23(3)13-15-24)29-21-27(35)30-31(4)17-9-10-19-32/h5,12-15,25,29H,1,6-8,11,16-22H2,2-4H3,(H,30,35)/t25-/m1/s1. The summed E-state index contributed by atoms with van der Waals surface area (Å²) >= 11 is 0. The highest BCUT2D eigenvalue weighted by atomic mass is 16.2. The van der Waals surface area contributed by atoms with Crippen LogP contribution in [0.3, 0.4) is 0 Å². The van der Waals surface area contributed by atoms with E-state index in [0.717, 1.165) is 37.1 Å². The number of Topliss-reactive ketones (excluding diaryl/α,β-unsaturated/α-hetero) is 1. The first-order chi connectivity index (χ1) is 17.3. The van der Waals surface area contributed by atoms with Gasteiger partial charge >= 0.3 is 0 Å². The number of amides is 2. The van der Waals surface area contributed by atoms with Gasteiger partial charge in [-0.05, 0) is 31.9 Å².